The lowest BCUT2D eigenvalue weighted by Gasteiger charge is -2.29. The highest BCUT2D eigenvalue weighted by Gasteiger charge is 2.19. The van der Waals surface area contributed by atoms with Crippen LogP contribution in [-0.2, 0) is 4.79 Å². The minimum Gasteiger partial charge on any atom is -0.481 e. The summed E-state index contributed by atoms with van der Waals surface area (Å²) < 4.78 is 0. The first-order valence-electron chi connectivity index (χ1n) is 7.46. The molecule has 2 unspecified atom stereocenters. The number of carboxylic acid groups (broad SMARTS) is 1. The molecule has 1 saturated heterocycles. The third-order valence-corrected chi connectivity index (χ3v) is 3.77. The zero-order chi connectivity index (χ0) is 15.0. The first kappa shape index (κ1) is 16.8. The zero-order valence-electron chi connectivity index (χ0n) is 12.5. The van der Waals surface area contributed by atoms with E-state index in [9.17, 15) is 9.59 Å². The fourth-order valence-corrected chi connectivity index (χ4v) is 2.62. The monoisotopic (exact) mass is 285 g/mol. The molecule has 2 amide bonds. The maximum absolute atomic E-state index is 11.7. The fourth-order valence-electron chi connectivity index (χ4n) is 2.62. The topological polar surface area (TPSA) is 81.7 Å². The highest BCUT2D eigenvalue weighted by atomic mass is 16.4. The van der Waals surface area contributed by atoms with E-state index in [0.29, 0.717) is 18.9 Å². The van der Waals surface area contributed by atoms with Crippen LogP contribution in [0.2, 0.25) is 0 Å². The molecule has 6 heteroatoms. The number of nitrogens with one attached hydrogen (secondary N) is 2. The highest BCUT2D eigenvalue weighted by Crippen LogP contribution is 2.13. The average Bonchev–Trinajstić information content (AvgIpc) is 2.41. The maximum atomic E-state index is 11.7. The van der Waals surface area contributed by atoms with Crippen molar-refractivity contribution < 1.29 is 14.7 Å². The number of carbonyl (C=O) groups is 2. The molecule has 0 aromatic heterocycles. The standard InChI is InChI=1S/C14H27N3O3/c1-3-5-12(13(18)19)9-16-14(20)15-8-11-6-4-7-17(2)10-11/h11-12H,3-10H2,1-2H3,(H,18,19)(H2,15,16,20). The Kier molecular flexibility index (Phi) is 7.36. The van der Waals surface area contributed by atoms with E-state index in [1.165, 1.54) is 6.42 Å². The molecule has 0 radical (unpaired) electrons. The van der Waals surface area contributed by atoms with E-state index in [0.717, 1.165) is 25.9 Å². The molecule has 2 atom stereocenters. The fraction of sp³-hybridized carbons (Fsp3) is 0.857. The van der Waals surface area contributed by atoms with Gasteiger partial charge in [-0.3, -0.25) is 4.79 Å². The summed E-state index contributed by atoms with van der Waals surface area (Å²) in [5, 5.41) is 14.5. The van der Waals surface area contributed by atoms with Crippen molar-refractivity contribution in [1.29, 1.82) is 0 Å². The van der Waals surface area contributed by atoms with Crippen LogP contribution in [0, 0.1) is 11.8 Å². The third-order valence-electron chi connectivity index (χ3n) is 3.77. The predicted octanol–water partition coefficient (Wildman–Crippen LogP) is 1.13. The number of hydrogen-bond acceptors (Lipinski definition) is 3. The number of carboxylic acids is 1. The van der Waals surface area contributed by atoms with Crippen molar-refractivity contribution in [2.45, 2.75) is 32.6 Å². The van der Waals surface area contributed by atoms with Crippen LogP contribution >= 0.6 is 0 Å². The summed E-state index contributed by atoms with van der Waals surface area (Å²) in [6.45, 7) is 4.92. The Morgan fingerprint density at radius 2 is 2.15 bits per heavy atom. The van der Waals surface area contributed by atoms with Gasteiger partial charge in [-0.05, 0) is 38.8 Å². The average molecular weight is 285 g/mol. The van der Waals surface area contributed by atoms with Crippen LogP contribution in [-0.4, -0.2) is 55.2 Å². The van der Waals surface area contributed by atoms with Crippen molar-refractivity contribution in [2.75, 3.05) is 33.2 Å². The van der Waals surface area contributed by atoms with Crippen LogP contribution in [0.25, 0.3) is 0 Å². The van der Waals surface area contributed by atoms with Crippen LogP contribution in [0.3, 0.4) is 0 Å². The van der Waals surface area contributed by atoms with Gasteiger partial charge >= 0.3 is 12.0 Å². The minimum atomic E-state index is -0.846. The molecule has 0 aromatic carbocycles. The van der Waals surface area contributed by atoms with E-state index >= 15 is 0 Å². The molecule has 1 aliphatic rings. The summed E-state index contributed by atoms with van der Waals surface area (Å²) in [5.41, 5.74) is 0. The first-order valence-corrected chi connectivity index (χ1v) is 7.46. The molecule has 0 bridgehead atoms. The number of carbonyl (C=O) groups excluding carboxylic acids is 1. The predicted molar refractivity (Wildman–Crippen MR) is 77.7 cm³/mol. The summed E-state index contributed by atoms with van der Waals surface area (Å²) in [4.78, 5) is 24.9. The molecule has 3 N–H and O–H groups in total. The second kappa shape index (κ2) is 8.79. The number of aliphatic carboxylic acids is 1. The molecule has 1 aliphatic heterocycles. The summed E-state index contributed by atoms with van der Waals surface area (Å²) in [5.74, 6) is -0.849. The van der Waals surface area contributed by atoms with E-state index in [1.807, 2.05) is 6.92 Å². The Morgan fingerprint density at radius 1 is 1.40 bits per heavy atom. The van der Waals surface area contributed by atoms with Crippen LogP contribution in [0.4, 0.5) is 4.79 Å². The van der Waals surface area contributed by atoms with E-state index in [1.54, 1.807) is 0 Å². The molecule has 1 fully saturated rings. The number of hydrogen-bond donors (Lipinski definition) is 3. The summed E-state index contributed by atoms with van der Waals surface area (Å²) in [6, 6.07) is -0.263. The number of amides is 2. The van der Waals surface area contributed by atoms with Gasteiger partial charge in [-0.15, -0.1) is 0 Å². The van der Waals surface area contributed by atoms with E-state index in [2.05, 4.69) is 22.6 Å². The molecule has 0 spiro atoms. The number of nitrogens with zero attached hydrogens (tertiary/aromatic N) is 1. The largest absolute Gasteiger partial charge is 0.481 e. The van der Waals surface area contributed by atoms with Crippen LogP contribution in [0.1, 0.15) is 32.6 Å². The summed E-state index contributed by atoms with van der Waals surface area (Å²) in [7, 11) is 2.09. The Labute approximate surface area is 120 Å². The number of likely N-dealkylation sites (tertiary alicyclic amines) is 1. The Balaban J connectivity index is 2.20. The maximum Gasteiger partial charge on any atom is 0.314 e. The van der Waals surface area contributed by atoms with Crippen LogP contribution < -0.4 is 10.6 Å². The molecule has 6 nitrogen and oxygen atoms in total. The lowest BCUT2D eigenvalue weighted by Crippen LogP contribution is -2.44. The second-order valence-electron chi connectivity index (χ2n) is 5.69. The molecular formula is C14H27N3O3. The van der Waals surface area contributed by atoms with Crippen molar-refractivity contribution in [3.05, 3.63) is 0 Å². The lowest BCUT2D eigenvalue weighted by molar-refractivity contribution is -0.141. The number of urea groups is 1. The SMILES string of the molecule is CCCC(CNC(=O)NCC1CCCN(C)C1)C(=O)O. The van der Waals surface area contributed by atoms with Gasteiger partial charge in [0.25, 0.3) is 0 Å². The molecule has 1 heterocycles. The molecule has 0 aromatic rings. The highest BCUT2D eigenvalue weighted by molar-refractivity contribution is 5.75. The van der Waals surface area contributed by atoms with Gasteiger partial charge < -0.3 is 20.6 Å². The van der Waals surface area contributed by atoms with Crippen molar-refractivity contribution in [2.24, 2.45) is 11.8 Å². The first-order chi connectivity index (χ1) is 9.52. The molecule has 0 saturated carbocycles. The smallest absolute Gasteiger partial charge is 0.314 e. The quantitative estimate of drug-likeness (QED) is 0.655. The van der Waals surface area contributed by atoms with Crippen molar-refractivity contribution in [1.82, 2.24) is 15.5 Å². The number of rotatable bonds is 7. The Bertz CT molecular complexity index is 323. The van der Waals surface area contributed by atoms with E-state index in [4.69, 9.17) is 5.11 Å². The van der Waals surface area contributed by atoms with Gasteiger partial charge in [-0.1, -0.05) is 13.3 Å². The number of piperidine rings is 1. The normalized spacial score (nSPS) is 21.2. The van der Waals surface area contributed by atoms with Crippen molar-refractivity contribution in [3.63, 3.8) is 0 Å². The lowest BCUT2D eigenvalue weighted by atomic mass is 9.99. The summed E-state index contributed by atoms with van der Waals surface area (Å²) in [6.07, 6.45) is 3.69. The van der Waals surface area contributed by atoms with Crippen molar-refractivity contribution >= 4 is 12.0 Å². The molecule has 20 heavy (non-hydrogen) atoms. The Hall–Kier alpha value is -1.30. The van der Waals surface area contributed by atoms with E-state index < -0.39 is 11.9 Å². The van der Waals surface area contributed by atoms with Gasteiger partial charge in [0.05, 0.1) is 5.92 Å². The van der Waals surface area contributed by atoms with Gasteiger partial charge in [0, 0.05) is 19.6 Å². The molecule has 116 valence electrons. The van der Waals surface area contributed by atoms with Gasteiger partial charge in [0.15, 0.2) is 0 Å². The van der Waals surface area contributed by atoms with Gasteiger partial charge in [0.1, 0.15) is 0 Å². The molecular weight excluding hydrogens is 258 g/mol. The second-order valence-corrected chi connectivity index (χ2v) is 5.69. The van der Waals surface area contributed by atoms with E-state index in [-0.39, 0.29) is 12.6 Å². The van der Waals surface area contributed by atoms with Crippen LogP contribution in [0.5, 0.6) is 0 Å². The Morgan fingerprint density at radius 3 is 2.75 bits per heavy atom. The van der Waals surface area contributed by atoms with Gasteiger partial charge in [0.2, 0.25) is 0 Å². The van der Waals surface area contributed by atoms with Crippen molar-refractivity contribution in [3.8, 4) is 0 Å². The van der Waals surface area contributed by atoms with Gasteiger partial charge in [-0.2, -0.15) is 0 Å². The summed E-state index contributed by atoms with van der Waals surface area (Å²) >= 11 is 0. The molecule has 1 rings (SSSR count). The zero-order valence-corrected chi connectivity index (χ0v) is 12.5. The molecule has 0 aliphatic carbocycles. The van der Waals surface area contributed by atoms with Crippen LogP contribution in [0.15, 0.2) is 0 Å². The third kappa shape index (κ3) is 6.23. The minimum absolute atomic E-state index is 0.194. The van der Waals surface area contributed by atoms with Gasteiger partial charge in [-0.25, -0.2) is 4.79 Å².